The Kier molecular flexibility index (Phi) is 8.30. The lowest BCUT2D eigenvalue weighted by Gasteiger charge is -2.18. The van der Waals surface area contributed by atoms with Crippen molar-refractivity contribution in [1.29, 1.82) is 0 Å². The summed E-state index contributed by atoms with van der Waals surface area (Å²) in [5, 5.41) is 16.5. The molecule has 0 fully saturated rings. The zero-order valence-electron chi connectivity index (χ0n) is 19.4. The molecule has 0 aliphatic heterocycles. The highest BCUT2D eigenvalue weighted by Crippen LogP contribution is 2.28. The lowest BCUT2D eigenvalue weighted by molar-refractivity contribution is 0.101. The van der Waals surface area contributed by atoms with Gasteiger partial charge in [0.2, 0.25) is 0 Å². The number of aromatic nitrogens is 2. The summed E-state index contributed by atoms with van der Waals surface area (Å²) in [5.41, 5.74) is 0.281. The number of sulfone groups is 1. The number of anilines is 1. The Morgan fingerprint density at radius 2 is 2.03 bits per heavy atom. The van der Waals surface area contributed by atoms with Crippen molar-refractivity contribution in [3.05, 3.63) is 71.0 Å². The van der Waals surface area contributed by atoms with Crippen LogP contribution in [0.15, 0.2) is 65.4 Å². The molecule has 10 heteroatoms. The molecule has 0 bridgehead atoms. The van der Waals surface area contributed by atoms with Gasteiger partial charge in [-0.15, -0.1) is 0 Å². The summed E-state index contributed by atoms with van der Waals surface area (Å²) in [6.45, 7) is 1.82. The first kappa shape index (κ1) is 25.3. The third-order valence-corrected chi connectivity index (χ3v) is 6.05. The van der Waals surface area contributed by atoms with Crippen LogP contribution in [0, 0.1) is 0 Å². The number of ether oxygens (including phenoxy) is 2. The number of hydrogen-bond acceptors (Lipinski definition) is 7. The highest BCUT2D eigenvalue weighted by Gasteiger charge is 2.16. The van der Waals surface area contributed by atoms with Gasteiger partial charge in [0.05, 0.1) is 11.5 Å². The van der Waals surface area contributed by atoms with E-state index >= 15 is 0 Å². The summed E-state index contributed by atoms with van der Waals surface area (Å²) >= 11 is 0. The van der Waals surface area contributed by atoms with Crippen LogP contribution >= 0.6 is 0 Å². The van der Waals surface area contributed by atoms with Crippen LogP contribution in [0.2, 0.25) is 0 Å². The molecule has 0 saturated carbocycles. The minimum absolute atomic E-state index is 0.163. The van der Waals surface area contributed by atoms with Crippen LogP contribution in [-0.2, 0) is 16.9 Å². The van der Waals surface area contributed by atoms with Gasteiger partial charge >= 0.3 is 0 Å². The largest absolute Gasteiger partial charge is 0.488 e. The van der Waals surface area contributed by atoms with Crippen LogP contribution in [-0.4, -0.2) is 48.2 Å². The number of aliphatic hydroxyl groups excluding tert-OH is 1. The maximum atomic E-state index is 12.9. The number of nitrogens with zero attached hydrogens (tertiary/aromatic N) is 2. The van der Waals surface area contributed by atoms with Crippen LogP contribution in [0.5, 0.6) is 11.5 Å². The minimum atomic E-state index is -3.35. The molecule has 1 amide bonds. The predicted molar refractivity (Wildman–Crippen MR) is 129 cm³/mol. The first-order valence-corrected chi connectivity index (χ1v) is 12.8. The van der Waals surface area contributed by atoms with Gasteiger partial charge in [-0.2, -0.15) is 5.10 Å². The van der Waals surface area contributed by atoms with Crippen molar-refractivity contribution in [2.45, 2.75) is 32.3 Å². The number of carbonyl (C=O) groups is 1. The third kappa shape index (κ3) is 7.06. The molecule has 1 aromatic heterocycles. The Hall–Kier alpha value is -3.37. The van der Waals surface area contributed by atoms with E-state index in [9.17, 15) is 18.3 Å². The van der Waals surface area contributed by atoms with Crippen LogP contribution in [0.3, 0.4) is 0 Å². The van der Waals surface area contributed by atoms with Crippen molar-refractivity contribution in [3.63, 3.8) is 0 Å². The molecule has 1 heterocycles. The molecule has 9 nitrogen and oxygen atoms in total. The number of allylic oxidation sites excluding steroid dienone is 4. The standard InChI is InChI=1S/C24H29N3O6S/c1-4-6-19(16-28)33-21-14-17(24(29)25-23-11-12-27(2)26-23)13-20(15-21)32-18-7-5-8-22(10-9-18)34(3,30)31/h5,8-15,19,28H,4,6-7,16H2,1-3H3,(H,25,26,29). The number of benzene rings is 1. The third-order valence-electron chi connectivity index (χ3n) is 4.93. The fourth-order valence-corrected chi connectivity index (χ4v) is 3.92. The number of aliphatic hydroxyl groups is 1. The SMILES string of the molecule is CCCC(CO)Oc1cc(OC2=CC=C(S(C)(=O)=O)C=CC2)cc(C(=O)Nc2ccn(C)n2)c1. The summed E-state index contributed by atoms with van der Waals surface area (Å²) in [7, 11) is -1.60. The van der Waals surface area contributed by atoms with E-state index in [1.807, 2.05) is 6.92 Å². The highest BCUT2D eigenvalue weighted by molar-refractivity contribution is 7.94. The molecular weight excluding hydrogens is 458 g/mol. The lowest BCUT2D eigenvalue weighted by Crippen LogP contribution is -2.21. The van der Waals surface area contributed by atoms with Crippen molar-refractivity contribution in [3.8, 4) is 11.5 Å². The quantitative estimate of drug-likeness (QED) is 0.527. The molecule has 34 heavy (non-hydrogen) atoms. The monoisotopic (exact) mass is 487 g/mol. The van der Waals surface area contributed by atoms with Gasteiger partial charge in [0.15, 0.2) is 15.7 Å². The maximum absolute atomic E-state index is 12.9. The van der Waals surface area contributed by atoms with Crippen molar-refractivity contribution in [2.24, 2.45) is 7.05 Å². The number of rotatable bonds is 10. The molecular formula is C24H29N3O6S. The molecule has 1 atom stereocenters. The summed E-state index contributed by atoms with van der Waals surface area (Å²) in [4.78, 5) is 13.1. The summed E-state index contributed by atoms with van der Waals surface area (Å²) in [5.74, 6) is 1.20. The molecule has 1 aromatic carbocycles. The molecule has 2 aromatic rings. The van der Waals surface area contributed by atoms with Gasteiger partial charge in [-0.1, -0.05) is 19.4 Å². The molecule has 3 rings (SSSR count). The molecule has 1 unspecified atom stereocenters. The van der Waals surface area contributed by atoms with E-state index in [0.29, 0.717) is 35.9 Å². The van der Waals surface area contributed by atoms with Crippen molar-refractivity contribution >= 4 is 21.6 Å². The van der Waals surface area contributed by atoms with E-state index in [1.54, 1.807) is 54.3 Å². The fraction of sp³-hybridized carbons (Fsp3) is 0.333. The average Bonchev–Trinajstić information content (AvgIpc) is 3.03. The van der Waals surface area contributed by atoms with Crippen LogP contribution in [0.1, 0.15) is 36.5 Å². The number of hydrogen-bond donors (Lipinski definition) is 2. The Bertz CT molecular complexity index is 1230. The van der Waals surface area contributed by atoms with Gasteiger partial charge in [0.1, 0.15) is 23.4 Å². The highest BCUT2D eigenvalue weighted by atomic mass is 32.2. The van der Waals surface area contributed by atoms with E-state index in [1.165, 1.54) is 12.2 Å². The van der Waals surface area contributed by atoms with Gasteiger partial charge in [0.25, 0.3) is 5.91 Å². The van der Waals surface area contributed by atoms with Crippen molar-refractivity contribution < 1.29 is 27.8 Å². The first-order chi connectivity index (χ1) is 16.2. The van der Waals surface area contributed by atoms with Gasteiger partial charge in [-0.25, -0.2) is 8.42 Å². The number of aryl methyl sites for hydroxylation is 1. The summed E-state index contributed by atoms with van der Waals surface area (Å²) in [6.07, 6.45) is 10.6. The molecule has 0 saturated heterocycles. The molecule has 1 aliphatic rings. The molecule has 0 radical (unpaired) electrons. The number of nitrogens with one attached hydrogen (secondary N) is 1. The number of carbonyl (C=O) groups excluding carboxylic acids is 1. The van der Waals surface area contributed by atoms with Crippen molar-refractivity contribution in [2.75, 3.05) is 18.2 Å². The minimum Gasteiger partial charge on any atom is -0.488 e. The normalized spacial score (nSPS) is 14.6. The Balaban J connectivity index is 1.90. The second-order valence-corrected chi connectivity index (χ2v) is 9.93. The van der Waals surface area contributed by atoms with E-state index in [4.69, 9.17) is 9.47 Å². The average molecular weight is 488 g/mol. The zero-order valence-corrected chi connectivity index (χ0v) is 20.2. The summed E-state index contributed by atoms with van der Waals surface area (Å²) < 4.78 is 37.1. The molecule has 0 spiro atoms. The summed E-state index contributed by atoms with van der Waals surface area (Å²) in [6, 6.07) is 6.45. The molecule has 2 N–H and O–H groups in total. The van der Waals surface area contributed by atoms with E-state index in [0.717, 1.165) is 12.7 Å². The Morgan fingerprint density at radius 3 is 2.68 bits per heavy atom. The second kappa shape index (κ2) is 11.2. The van der Waals surface area contributed by atoms with Gasteiger partial charge < -0.3 is 19.9 Å². The van der Waals surface area contributed by atoms with Gasteiger partial charge in [-0.05, 0) is 36.8 Å². The van der Waals surface area contributed by atoms with Gasteiger partial charge in [0, 0.05) is 43.6 Å². The fourth-order valence-electron chi connectivity index (χ4n) is 3.27. The van der Waals surface area contributed by atoms with Crippen LogP contribution < -0.4 is 14.8 Å². The van der Waals surface area contributed by atoms with Crippen molar-refractivity contribution in [1.82, 2.24) is 9.78 Å². The Morgan fingerprint density at radius 1 is 1.26 bits per heavy atom. The number of amides is 1. The molecule has 182 valence electrons. The smallest absolute Gasteiger partial charge is 0.257 e. The maximum Gasteiger partial charge on any atom is 0.257 e. The van der Waals surface area contributed by atoms with E-state index < -0.39 is 21.8 Å². The van der Waals surface area contributed by atoms with Crippen LogP contribution in [0.4, 0.5) is 5.82 Å². The topological polar surface area (TPSA) is 120 Å². The lowest BCUT2D eigenvalue weighted by atomic mass is 10.1. The van der Waals surface area contributed by atoms with Crippen LogP contribution in [0.25, 0.3) is 0 Å². The van der Waals surface area contributed by atoms with E-state index in [-0.39, 0.29) is 17.1 Å². The Labute approximate surface area is 199 Å². The van der Waals surface area contributed by atoms with Gasteiger partial charge in [-0.3, -0.25) is 9.48 Å². The zero-order chi connectivity index (χ0) is 24.7. The predicted octanol–water partition coefficient (Wildman–Crippen LogP) is 3.36. The molecule has 1 aliphatic carbocycles. The second-order valence-electron chi connectivity index (χ2n) is 7.92. The first-order valence-electron chi connectivity index (χ1n) is 10.9. The van der Waals surface area contributed by atoms with E-state index in [2.05, 4.69) is 10.4 Å².